The molecule has 2 aromatic heterocycles. The van der Waals surface area contributed by atoms with Gasteiger partial charge in [0, 0.05) is 50.5 Å². The Balaban J connectivity index is 1.35. The number of rotatable bonds is 4. The van der Waals surface area contributed by atoms with E-state index in [1.807, 2.05) is 4.90 Å². The van der Waals surface area contributed by atoms with Crippen molar-refractivity contribution in [2.45, 2.75) is 25.4 Å². The van der Waals surface area contributed by atoms with Gasteiger partial charge in [0.1, 0.15) is 0 Å². The van der Waals surface area contributed by atoms with Crippen molar-refractivity contribution in [2.24, 2.45) is 0 Å². The van der Waals surface area contributed by atoms with Gasteiger partial charge in [-0.15, -0.1) is 0 Å². The fourth-order valence-corrected chi connectivity index (χ4v) is 3.48. The van der Waals surface area contributed by atoms with Crippen LogP contribution in [0.1, 0.15) is 28.9 Å². The quantitative estimate of drug-likeness (QED) is 0.881. The Morgan fingerprint density at radius 1 is 1.12 bits per heavy atom. The molecule has 0 saturated carbocycles. The first-order chi connectivity index (χ1) is 12.3. The third-order valence-corrected chi connectivity index (χ3v) is 4.82. The van der Waals surface area contributed by atoms with Gasteiger partial charge in [0.15, 0.2) is 0 Å². The van der Waals surface area contributed by atoms with Crippen molar-refractivity contribution in [3.05, 3.63) is 42.2 Å². The molecule has 1 amide bonds. The molecule has 8 nitrogen and oxygen atoms in total. The Kier molecular flexibility index (Phi) is 4.51. The van der Waals surface area contributed by atoms with Gasteiger partial charge >= 0.3 is 0 Å². The monoisotopic (exact) mass is 339 g/mol. The molecule has 1 N–H and O–H groups in total. The van der Waals surface area contributed by atoms with Crippen molar-refractivity contribution in [1.82, 2.24) is 29.7 Å². The smallest absolute Gasteiger partial charge is 0.257 e. The Morgan fingerprint density at radius 2 is 2.00 bits per heavy atom. The topological polar surface area (TPSA) is 87.1 Å². The molecule has 4 rings (SSSR count). The second-order valence-corrected chi connectivity index (χ2v) is 6.43. The minimum Gasteiger partial charge on any atom is -0.349 e. The van der Waals surface area contributed by atoms with E-state index in [-0.39, 0.29) is 5.91 Å². The lowest BCUT2D eigenvalue weighted by molar-refractivity contribution is 0.0570. The minimum atomic E-state index is 0.0204. The standard InChI is InChI=1S/C17H21N7O/c25-16(24-7-6-23-5-1-2-15(23)12-24)13-8-20-17(21-9-13)22-11-14-10-18-3-4-19-14/h3-4,8-10,15H,1-2,5-7,11-12H2,(H,20,21,22). The van der Waals surface area contributed by atoms with E-state index in [0.717, 1.165) is 25.3 Å². The number of hydrogen-bond acceptors (Lipinski definition) is 7. The summed E-state index contributed by atoms with van der Waals surface area (Å²) in [6, 6.07) is 0.520. The fourth-order valence-electron chi connectivity index (χ4n) is 3.48. The maximum Gasteiger partial charge on any atom is 0.257 e. The van der Waals surface area contributed by atoms with Gasteiger partial charge in [-0.3, -0.25) is 19.7 Å². The highest BCUT2D eigenvalue weighted by atomic mass is 16.2. The summed E-state index contributed by atoms with van der Waals surface area (Å²) >= 11 is 0. The summed E-state index contributed by atoms with van der Waals surface area (Å²) in [5.74, 6) is 0.495. The number of anilines is 1. The third-order valence-electron chi connectivity index (χ3n) is 4.82. The first-order valence-electron chi connectivity index (χ1n) is 8.64. The molecule has 1 unspecified atom stereocenters. The Morgan fingerprint density at radius 3 is 2.80 bits per heavy atom. The number of nitrogens with zero attached hydrogens (tertiary/aromatic N) is 6. The van der Waals surface area contributed by atoms with E-state index in [0.29, 0.717) is 24.1 Å². The van der Waals surface area contributed by atoms with Crippen molar-refractivity contribution in [1.29, 1.82) is 0 Å². The number of carbonyl (C=O) groups excluding carboxylic acids is 1. The largest absolute Gasteiger partial charge is 0.349 e. The number of hydrogen-bond donors (Lipinski definition) is 1. The molecule has 0 spiro atoms. The van der Waals surface area contributed by atoms with Crippen LogP contribution in [0.4, 0.5) is 5.95 Å². The van der Waals surface area contributed by atoms with Crippen LogP contribution in [0.15, 0.2) is 31.0 Å². The lowest BCUT2D eigenvalue weighted by Gasteiger charge is -2.37. The summed E-state index contributed by atoms with van der Waals surface area (Å²) < 4.78 is 0. The SMILES string of the molecule is O=C(c1cnc(NCc2cnccn2)nc1)N1CCN2CCCC2C1. The van der Waals surface area contributed by atoms with E-state index in [1.54, 1.807) is 31.0 Å². The van der Waals surface area contributed by atoms with Gasteiger partial charge in [-0.25, -0.2) is 9.97 Å². The normalized spacial score (nSPS) is 20.3. The lowest BCUT2D eigenvalue weighted by Crippen LogP contribution is -2.52. The molecule has 2 saturated heterocycles. The van der Waals surface area contributed by atoms with E-state index in [1.165, 1.54) is 19.4 Å². The molecular weight excluding hydrogens is 318 g/mol. The summed E-state index contributed by atoms with van der Waals surface area (Å²) in [7, 11) is 0. The summed E-state index contributed by atoms with van der Waals surface area (Å²) in [6.07, 6.45) is 10.6. The zero-order chi connectivity index (χ0) is 17.1. The summed E-state index contributed by atoms with van der Waals surface area (Å²) in [6.45, 7) is 4.22. The maximum atomic E-state index is 12.7. The predicted molar refractivity (Wildman–Crippen MR) is 91.9 cm³/mol. The predicted octanol–water partition coefficient (Wildman–Crippen LogP) is 0.799. The molecule has 8 heteroatoms. The van der Waals surface area contributed by atoms with E-state index in [2.05, 4.69) is 30.2 Å². The number of aromatic nitrogens is 4. The molecule has 2 aliphatic rings. The van der Waals surface area contributed by atoms with E-state index in [4.69, 9.17) is 0 Å². The number of nitrogens with one attached hydrogen (secondary N) is 1. The maximum absolute atomic E-state index is 12.7. The van der Waals surface area contributed by atoms with Crippen molar-refractivity contribution in [3.8, 4) is 0 Å². The number of amides is 1. The second kappa shape index (κ2) is 7.10. The van der Waals surface area contributed by atoms with Gasteiger partial charge in [-0.2, -0.15) is 0 Å². The van der Waals surface area contributed by atoms with Crippen molar-refractivity contribution in [2.75, 3.05) is 31.5 Å². The minimum absolute atomic E-state index is 0.0204. The van der Waals surface area contributed by atoms with Gasteiger partial charge in [0.05, 0.1) is 24.0 Å². The molecular formula is C17H21N7O. The van der Waals surface area contributed by atoms with Crippen LogP contribution in [0.25, 0.3) is 0 Å². The zero-order valence-corrected chi connectivity index (χ0v) is 14.0. The van der Waals surface area contributed by atoms with Crippen LogP contribution >= 0.6 is 0 Å². The van der Waals surface area contributed by atoms with Gasteiger partial charge in [-0.1, -0.05) is 0 Å². The van der Waals surface area contributed by atoms with Crippen LogP contribution in [0.2, 0.25) is 0 Å². The molecule has 4 heterocycles. The Labute approximate surface area is 146 Å². The van der Waals surface area contributed by atoms with E-state index in [9.17, 15) is 4.79 Å². The zero-order valence-electron chi connectivity index (χ0n) is 14.0. The molecule has 0 radical (unpaired) electrons. The van der Waals surface area contributed by atoms with Crippen molar-refractivity contribution in [3.63, 3.8) is 0 Å². The average molecular weight is 339 g/mol. The molecule has 1 atom stereocenters. The van der Waals surface area contributed by atoms with Gasteiger partial charge in [0.25, 0.3) is 5.91 Å². The van der Waals surface area contributed by atoms with Gasteiger partial charge < -0.3 is 10.2 Å². The van der Waals surface area contributed by atoms with Crippen LogP contribution < -0.4 is 5.32 Å². The average Bonchev–Trinajstić information content (AvgIpc) is 3.15. The van der Waals surface area contributed by atoms with E-state index >= 15 is 0 Å². The molecule has 130 valence electrons. The van der Waals surface area contributed by atoms with Gasteiger partial charge in [-0.05, 0) is 19.4 Å². The highest BCUT2D eigenvalue weighted by Gasteiger charge is 2.32. The molecule has 2 fully saturated rings. The number of fused-ring (bicyclic) bond motifs is 1. The fraction of sp³-hybridized carbons (Fsp3) is 0.471. The van der Waals surface area contributed by atoms with Crippen LogP contribution in [0.3, 0.4) is 0 Å². The summed E-state index contributed by atoms with van der Waals surface area (Å²) in [4.78, 5) is 33.8. The first kappa shape index (κ1) is 15.9. The molecule has 0 aliphatic carbocycles. The van der Waals surface area contributed by atoms with Crippen LogP contribution in [0, 0.1) is 0 Å². The van der Waals surface area contributed by atoms with Crippen molar-refractivity contribution < 1.29 is 4.79 Å². The van der Waals surface area contributed by atoms with Crippen LogP contribution in [0.5, 0.6) is 0 Å². The number of piperazine rings is 1. The lowest BCUT2D eigenvalue weighted by atomic mass is 10.1. The van der Waals surface area contributed by atoms with E-state index < -0.39 is 0 Å². The van der Waals surface area contributed by atoms with Crippen molar-refractivity contribution >= 4 is 11.9 Å². The third kappa shape index (κ3) is 3.58. The second-order valence-electron chi connectivity index (χ2n) is 6.43. The summed E-state index contributed by atoms with van der Waals surface area (Å²) in [5, 5.41) is 3.08. The van der Waals surface area contributed by atoms with Gasteiger partial charge in [0.2, 0.25) is 5.95 Å². The highest BCUT2D eigenvalue weighted by molar-refractivity contribution is 5.93. The summed E-state index contributed by atoms with van der Waals surface area (Å²) in [5.41, 5.74) is 1.34. The highest BCUT2D eigenvalue weighted by Crippen LogP contribution is 2.22. The molecule has 25 heavy (non-hydrogen) atoms. The molecule has 2 aromatic rings. The molecule has 0 bridgehead atoms. The molecule has 0 aromatic carbocycles. The Bertz CT molecular complexity index is 722. The number of carbonyl (C=O) groups is 1. The molecule has 2 aliphatic heterocycles. The first-order valence-corrected chi connectivity index (χ1v) is 8.64. The Hall–Kier alpha value is -2.61. The van der Waals surface area contributed by atoms with Crippen LogP contribution in [-0.4, -0.2) is 67.9 Å². The van der Waals surface area contributed by atoms with Crippen LogP contribution in [-0.2, 0) is 6.54 Å².